The number of alkyl halides is 4. The Bertz CT molecular complexity index is 485. The standard InChI is InChI=1S/C12H7Cl5/c13-9-6-7-11(14,15)12(16,17)10(9)8-4-2-1-3-5-8/h1-7H. The van der Waals surface area contributed by atoms with Crippen LogP contribution >= 0.6 is 58.0 Å². The largest absolute Gasteiger partial charge is 0.181 e. The van der Waals surface area contributed by atoms with Crippen LogP contribution in [0.4, 0.5) is 0 Å². The van der Waals surface area contributed by atoms with E-state index in [1.54, 1.807) is 6.08 Å². The molecule has 17 heavy (non-hydrogen) atoms. The molecule has 0 amide bonds. The first kappa shape index (κ1) is 13.6. The highest BCUT2D eigenvalue weighted by molar-refractivity contribution is 6.68. The molecule has 2 rings (SSSR count). The van der Waals surface area contributed by atoms with Crippen LogP contribution in [0, 0.1) is 0 Å². The summed E-state index contributed by atoms with van der Waals surface area (Å²) in [6.45, 7) is 0. The smallest absolute Gasteiger partial charge is 0.0932 e. The summed E-state index contributed by atoms with van der Waals surface area (Å²) in [4.78, 5) is 0. The number of halogens is 5. The van der Waals surface area contributed by atoms with E-state index >= 15 is 0 Å². The van der Waals surface area contributed by atoms with Crippen molar-refractivity contribution in [1.29, 1.82) is 0 Å². The number of benzene rings is 1. The molecule has 0 aromatic heterocycles. The predicted octanol–water partition coefficient (Wildman–Crippen LogP) is 5.55. The lowest BCUT2D eigenvalue weighted by Crippen LogP contribution is -2.37. The molecule has 0 N–H and O–H groups in total. The van der Waals surface area contributed by atoms with Crippen molar-refractivity contribution >= 4 is 63.6 Å². The van der Waals surface area contributed by atoms with Gasteiger partial charge in [-0.15, -0.1) is 0 Å². The lowest BCUT2D eigenvalue weighted by atomic mass is 9.95. The highest BCUT2D eigenvalue weighted by Crippen LogP contribution is 2.55. The van der Waals surface area contributed by atoms with Crippen molar-refractivity contribution in [2.75, 3.05) is 0 Å². The number of rotatable bonds is 1. The lowest BCUT2D eigenvalue weighted by Gasteiger charge is -2.36. The summed E-state index contributed by atoms with van der Waals surface area (Å²) in [6.07, 6.45) is 3.08. The van der Waals surface area contributed by atoms with Crippen molar-refractivity contribution in [3.63, 3.8) is 0 Å². The average molecular weight is 328 g/mol. The van der Waals surface area contributed by atoms with Gasteiger partial charge in [-0.05, 0) is 17.7 Å². The van der Waals surface area contributed by atoms with Crippen LogP contribution in [-0.2, 0) is 0 Å². The minimum Gasteiger partial charge on any atom is -0.0932 e. The molecule has 1 aromatic rings. The van der Waals surface area contributed by atoms with Gasteiger partial charge in [0.15, 0.2) is 8.67 Å². The summed E-state index contributed by atoms with van der Waals surface area (Å²) in [5.41, 5.74) is 1.30. The molecule has 0 fully saturated rings. The Kier molecular flexibility index (Phi) is 3.74. The third kappa shape index (κ3) is 2.34. The summed E-state index contributed by atoms with van der Waals surface area (Å²) in [7, 11) is 0. The van der Waals surface area contributed by atoms with Gasteiger partial charge in [-0.2, -0.15) is 0 Å². The van der Waals surface area contributed by atoms with E-state index in [4.69, 9.17) is 58.0 Å². The SMILES string of the molecule is ClC1=C(c2ccccc2)C(Cl)(Cl)C(Cl)(Cl)C=C1. The third-order valence-corrected chi connectivity index (χ3v) is 4.97. The number of hydrogen-bond donors (Lipinski definition) is 0. The summed E-state index contributed by atoms with van der Waals surface area (Å²) >= 11 is 30.9. The van der Waals surface area contributed by atoms with Crippen LogP contribution in [0.1, 0.15) is 5.56 Å². The molecule has 0 heterocycles. The fourth-order valence-corrected chi connectivity index (χ4v) is 2.88. The van der Waals surface area contributed by atoms with Crippen molar-refractivity contribution in [3.8, 4) is 0 Å². The number of hydrogen-bond acceptors (Lipinski definition) is 0. The summed E-state index contributed by atoms with van der Waals surface area (Å²) in [5.74, 6) is 0. The predicted molar refractivity (Wildman–Crippen MR) is 77.2 cm³/mol. The van der Waals surface area contributed by atoms with Gasteiger partial charge < -0.3 is 0 Å². The molecule has 0 saturated carbocycles. The molecule has 0 bridgehead atoms. The quantitative estimate of drug-likeness (QED) is 0.593. The Hall–Kier alpha value is 0.150. The van der Waals surface area contributed by atoms with Crippen molar-refractivity contribution in [2.45, 2.75) is 8.67 Å². The zero-order chi connectivity index (χ0) is 12.7. The van der Waals surface area contributed by atoms with E-state index in [2.05, 4.69) is 0 Å². The van der Waals surface area contributed by atoms with Gasteiger partial charge in [-0.1, -0.05) is 88.3 Å². The molecule has 0 spiro atoms. The van der Waals surface area contributed by atoms with E-state index in [1.807, 2.05) is 30.3 Å². The van der Waals surface area contributed by atoms with Gasteiger partial charge in [0.05, 0.1) is 0 Å². The molecule has 0 aliphatic heterocycles. The van der Waals surface area contributed by atoms with E-state index in [9.17, 15) is 0 Å². The molecule has 0 saturated heterocycles. The fourth-order valence-electron chi connectivity index (χ4n) is 1.61. The summed E-state index contributed by atoms with van der Waals surface area (Å²) in [5, 5.41) is 0.429. The van der Waals surface area contributed by atoms with E-state index < -0.39 is 8.67 Å². The van der Waals surface area contributed by atoms with Crippen molar-refractivity contribution < 1.29 is 0 Å². The van der Waals surface area contributed by atoms with Crippen LogP contribution in [0.5, 0.6) is 0 Å². The molecule has 1 aliphatic rings. The van der Waals surface area contributed by atoms with Crippen LogP contribution in [0.2, 0.25) is 0 Å². The Morgan fingerprint density at radius 3 is 2.06 bits per heavy atom. The van der Waals surface area contributed by atoms with E-state index in [-0.39, 0.29) is 0 Å². The normalized spacial score (nSPS) is 21.7. The summed E-state index contributed by atoms with van der Waals surface area (Å²) in [6, 6.07) is 9.30. The Morgan fingerprint density at radius 2 is 1.47 bits per heavy atom. The fraction of sp³-hybridized carbons (Fsp3) is 0.167. The van der Waals surface area contributed by atoms with Gasteiger partial charge in [-0.25, -0.2) is 0 Å². The lowest BCUT2D eigenvalue weighted by molar-refractivity contribution is 0.911. The van der Waals surface area contributed by atoms with Crippen molar-refractivity contribution in [2.24, 2.45) is 0 Å². The minimum absolute atomic E-state index is 0.429. The van der Waals surface area contributed by atoms with Gasteiger partial charge in [0, 0.05) is 10.6 Å². The molecule has 90 valence electrons. The Labute approximate surface area is 125 Å². The maximum Gasteiger partial charge on any atom is 0.181 e. The van der Waals surface area contributed by atoms with Crippen LogP contribution in [-0.4, -0.2) is 8.67 Å². The Balaban J connectivity index is 2.62. The van der Waals surface area contributed by atoms with Gasteiger partial charge >= 0.3 is 0 Å². The first-order valence-electron chi connectivity index (χ1n) is 4.77. The molecule has 0 unspecified atom stereocenters. The van der Waals surface area contributed by atoms with Crippen molar-refractivity contribution in [3.05, 3.63) is 53.1 Å². The molecular weight excluding hydrogens is 321 g/mol. The Morgan fingerprint density at radius 1 is 0.882 bits per heavy atom. The second-order valence-corrected chi connectivity index (χ2v) is 6.74. The first-order valence-corrected chi connectivity index (χ1v) is 6.66. The van der Waals surface area contributed by atoms with Gasteiger partial charge in [-0.3, -0.25) is 0 Å². The zero-order valence-corrected chi connectivity index (χ0v) is 12.2. The molecule has 0 atom stereocenters. The van der Waals surface area contributed by atoms with E-state index in [0.717, 1.165) is 5.56 Å². The maximum atomic E-state index is 6.27. The molecule has 1 aromatic carbocycles. The zero-order valence-electron chi connectivity index (χ0n) is 8.43. The van der Waals surface area contributed by atoms with E-state index in [0.29, 0.717) is 10.6 Å². The van der Waals surface area contributed by atoms with Crippen LogP contribution in [0.25, 0.3) is 5.57 Å². The second-order valence-electron chi connectivity index (χ2n) is 3.62. The molecular formula is C12H7Cl5. The first-order chi connectivity index (χ1) is 7.86. The van der Waals surface area contributed by atoms with Gasteiger partial charge in [0.1, 0.15) is 0 Å². The van der Waals surface area contributed by atoms with E-state index in [1.165, 1.54) is 6.08 Å². The maximum absolute atomic E-state index is 6.27. The monoisotopic (exact) mass is 326 g/mol. The molecule has 0 nitrogen and oxygen atoms in total. The van der Waals surface area contributed by atoms with Crippen LogP contribution in [0.3, 0.4) is 0 Å². The molecule has 5 heteroatoms. The molecule has 1 aliphatic carbocycles. The summed E-state index contributed by atoms with van der Waals surface area (Å²) < 4.78 is -2.91. The van der Waals surface area contributed by atoms with Crippen LogP contribution < -0.4 is 0 Å². The van der Waals surface area contributed by atoms with Gasteiger partial charge in [0.25, 0.3) is 0 Å². The third-order valence-electron chi connectivity index (χ3n) is 2.47. The topological polar surface area (TPSA) is 0 Å². The highest BCUT2D eigenvalue weighted by atomic mass is 35.5. The highest BCUT2D eigenvalue weighted by Gasteiger charge is 2.51. The minimum atomic E-state index is -1.50. The van der Waals surface area contributed by atoms with Gasteiger partial charge in [0.2, 0.25) is 0 Å². The molecule has 0 radical (unpaired) electrons. The van der Waals surface area contributed by atoms with Crippen LogP contribution in [0.15, 0.2) is 47.5 Å². The average Bonchev–Trinajstić information content (AvgIpc) is 2.26. The second kappa shape index (κ2) is 4.68. The number of allylic oxidation sites excluding steroid dienone is 4. The van der Waals surface area contributed by atoms with Crippen molar-refractivity contribution in [1.82, 2.24) is 0 Å².